The van der Waals surface area contributed by atoms with Crippen LogP contribution < -0.4 is 5.32 Å². The van der Waals surface area contributed by atoms with Gasteiger partial charge < -0.3 is 14.7 Å². The van der Waals surface area contributed by atoms with Gasteiger partial charge in [0.05, 0.1) is 6.54 Å². The molecule has 0 aromatic carbocycles. The molecule has 0 amide bonds. The van der Waals surface area contributed by atoms with Crippen LogP contribution in [-0.2, 0) is 6.42 Å². The molecule has 1 saturated heterocycles. The highest BCUT2D eigenvalue weighted by molar-refractivity contribution is 5.80. The molecule has 1 aromatic rings. The molecule has 0 radical (unpaired) electrons. The number of aliphatic imine (C=N–C) groups is 1. The van der Waals surface area contributed by atoms with Gasteiger partial charge in [-0.2, -0.15) is 4.98 Å². The lowest BCUT2D eigenvalue weighted by Crippen LogP contribution is -2.50. The summed E-state index contributed by atoms with van der Waals surface area (Å²) in [5.74, 6) is 2.43. The predicted octanol–water partition coefficient (Wildman–Crippen LogP) is 3.32. The molecule has 0 bridgehead atoms. The van der Waals surface area contributed by atoms with E-state index in [1.807, 2.05) is 6.92 Å². The van der Waals surface area contributed by atoms with Crippen molar-refractivity contribution >= 4 is 5.96 Å². The van der Waals surface area contributed by atoms with Gasteiger partial charge in [-0.05, 0) is 44.9 Å². The van der Waals surface area contributed by atoms with Gasteiger partial charge in [-0.25, -0.2) is 0 Å². The molecule has 2 aliphatic rings. The van der Waals surface area contributed by atoms with Crippen molar-refractivity contribution in [1.29, 1.82) is 0 Å². The molecule has 1 aliphatic carbocycles. The first-order valence-corrected chi connectivity index (χ1v) is 10.0. The van der Waals surface area contributed by atoms with E-state index in [1.165, 1.54) is 57.9 Å². The van der Waals surface area contributed by atoms with E-state index in [-0.39, 0.29) is 0 Å². The maximum Gasteiger partial charge on any atom is 0.228 e. The molecular formula is C19H33N5O. The molecule has 1 aromatic heterocycles. The quantitative estimate of drug-likeness (QED) is 0.668. The summed E-state index contributed by atoms with van der Waals surface area (Å²) < 4.78 is 5.19. The van der Waals surface area contributed by atoms with Gasteiger partial charge >= 0.3 is 0 Å². The number of aryl methyl sites for hydroxylation is 1. The molecule has 0 unspecified atom stereocenters. The minimum absolute atomic E-state index is 0.522. The number of guanidine groups is 1. The van der Waals surface area contributed by atoms with Gasteiger partial charge in [0, 0.05) is 26.1 Å². The summed E-state index contributed by atoms with van der Waals surface area (Å²) in [5.41, 5.74) is 0.522. The number of nitrogens with zero attached hydrogens (tertiary/aromatic N) is 4. The van der Waals surface area contributed by atoms with Gasteiger partial charge in [0.15, 0.2) is 11.8 Å². The fourth-order valence-electron chi connectivity index (χ4n) is 4.40. The van der Waals surface area contributed by atoms with Crippen LogP contribution in [0.15, 0.2) is 9.52 Å². The van der Waals surface area contributed by atoms with E-state index in [0.717, 1.165) is 19.0 Å². The van der Waals surface area contributed by atoms with Gasteiger partial charge in [0.25, 0.3) is 0 Å². The molecule has 6 nitrogen and oxygen atoms in total. The zero-order valence-electron chi connectivity index (χ0n) is 15.9. The zero-order valence-corrected chi connectivity index (χ0v) is 15.9. The van der Waals surface area contributed by atoms with Crippen LogP contribution in [0.4, 0.5) is 0 Å². The van der Waals surface area contributed by atoms with Gasteiger partial charge in [0.1, 0.15) is 0 Å². The van der Waals surface area contributed by atoms with Crippen LogP contribution in [0.5, 0.6) is 0 Å². The summed E-state index contributed by atoms with van der Waals surface area (Å²) >= 11 is 0. The van der Waals surface area contributed by atoms with Crippen molar-refractivity contribution < 1.29 is 4.52 Å². The first kappa shape index (κ1) is 18.2. The topological polar surface area (TPSA) is 66.5 Å². The van der Waals surface area contributed by atoms with Crippen molar-refractivity contribution in [3.63, 3.8) is 0 Å². The first-order chi connectivity index (χ1) is 12.2. The standard InChI is InChI=1S/C19H33N5O/c1-3-20-18(21-13-9-17-22-16(2)23-25-17)24-14-8-12-19(15-24)10-6-4-5-7-11-19/h3-15H2,1-2H3,(H,20,21). The van der Waals surface area contributed by atoms with Crippen molar-refractivity contribution in [2.24, 2.45) is 10.4 Å². The Hall–Kier alpha value is -1.59. The minimum Gasteiger partial charge on any atom is -0.357 e. The molecule has 25 heavy (non-hydrogen) atoms. The van der Waals surface area contributed by atoms with Crippen molar-refractivity contribution in [2.45, 2.75) is 71.6 Å². The van der Waals surface area contributed by atoms with Gasteiger partial charge in [-0.3, -0.25) is 4.99 Å². The largest absolute Gasteiger partial charge is 0.357 e. The SMILES string of the molecule is CCNC(=NCCc1nc(C)no1)N1CCCC2(CCCCCC2)C1. The Labute approximate surface area is 151 Å². The summed E-state index contributed by atoms with van der Waals surface area (Å²) in [5, 5.41) is 7.34. The first-order valence-electron chi connectivity index (χ1n) is 10.0. The molecule has 2 fully saturated rings. The highest BCUT2D eigenvalue weighted by Crippen LogP contribution is 2.42. The third-order valence-electron chi connectivity index (χ3n) is 5.62. The Morgan fingerprint density at radius 2 is 1.96 bits per heavy atom. The predicted molar refractivity (Wildman–Crippen MR) is 99.7 cm³/mol. The highest BCUT2D eigenvalue weighted by atomic mass is 16.5. The fraction of sp³-hybridized carbons (Fsp3) is 0.842. The van der Waals surface area contributed by atoms with E-state index in [1.54, 1.807) is 0 Å². The zero-order chi connectivity index (χ0) is 17.5. The average molecular weight is 348 g/mol. The van der Waals surface area contributed by atoms with Crippen molar-refractivity contribution in [3.8, 4) is 0 Å². The normalized spacial score (nSPS) is 21.4. The third kappa shape index (κ3) is 4.95. The minimum atomic E-state index is 0.522. The van der Waals surface area contributed by atoms with Gasteiger partial charge in [0.2, 0.25) is 5.89 Å². The van der Waals surface area contributed by atoms with Crippen LogP contribution in [0.25, 0.3) is 0 Å². The monoisotopic (exact) mass is 347 g/mol. The number of hydrogen-bond donors (Lipinski definition) is 1. The van der Waals surface area contributed by atoms with Crippen LogP contribution >= 0.6 is 0 Å². The second-order valence-electron chi connectivity index (χ2n) is 7.66. The van der Waals surface area contributed by atoms with E-state index in [2.05, 4.69) is 27.3 Å². The molecule has 1 N–H and O–H groups in total. The van der Waals surface area contributed by atoms with E-state index in [9.17, 15) is 0 Å². The Bertz CT molecular complexity index is 560. The molecule has 1 spiro atoms. The van der Waals surface area contributed by atoms with Crippen LogP contribution in [-0.4, -0.2) is 47.2 Å². The van der Waals surface area contributed by atoms with Crippen molar-refractivity contribution in [3.05, 3.63) is 11.7 Å². The van der Waals surface area contributed by atoms with Crippen molar-refractivity contribution in [1.82, 2.24) is 20.4 Å². The lowest BCUT2D eigenvalue weighted by molar-refractivity contribution is 0.115. The van der Waals surface area contributed by atoms with E-state index < -0.39 is 0 Å². The summed E-state index contributed by atoms with van der Waals surface area (Å²) in [4.78, 5) is 11.6. The molecule has 0 atom stereocenters. The molecule has 140 valence electrons. The number of piperidine rings is 1. The van der Waals surface area contributed by atoms with E-state index in [4.69, 9.17) is 9.52 Å². The summed E-state index contributed by atoms with van der Waals surface area (Å²) in [6, 6.07) is 0. The fourth-order valence-corrected chi connectivity index (χ4v) is 4.40. The number of likely N-dealkylation sites (tertiary alicyclic amines) is 1. The molecule has 3 rings (SSSR count). The number of hydrogen-bond acceptors (Lipinski definition) is 4. The molecule has 1 saturated carbocycles. The van der Waals surface area contributed by atoms with Gasteiger partial charge in [-0.1, -0.05) is 30.8 Å². The Morgan fingerprint density at radius 3 is 2.64 bits per heavy atom. The van der Waals surface area contributed by atoms with E-state index >= 15 is 0 Å². The smallest absolute Gasteiger partial charge is 0.228 e. The van der Waals surface area contributed by atoms with Crippen molar-refractivity contribution in [2.75, 3.05) is 26.2 Å². The Morgan fingerprint density at radius 1 is 1.20 bits per heavy atom. The lowest BCUT2D eigenvalue weighted by Gasteiger charge is -2.44. The Balaban J connectivity index is 1.63. The number of nitrogens with one attached hydrogen (secondary N) is 1. The molecule has 1 aliphatic heterocycles. The second kappa shape index (κ2) is 8.68. The van der Waals surface area contributed by atoms with Crippen LogP contribution in [0.3, 0.4) is 0 Å². The van der Waals surface area contributed by atoms with Crippen LogP contribution in [0, 0.1) is 12.3 Å². The second-order valence-corrected chi connectivity index (χ2v) is 7.66. The molecule has 6 heteroatoms. The summed E-state index contributed by atoms with van der Waals surface area (Å²) in [6.07, 6.45) is 11.8. The highest BCUT2D eigenvalue weighted by Gasteiger charge is 2.36. The van der Waals surface area contributed by atoms with Crippen LogP contribution in [0.1, 0.15) is 70.0 Å². The summed E-state index contributed by atoms with van der Waals surface area (Å²) in [7, 11) is 0. The molecular weight excluding hydrogens is 314 g/mol. The lowest BCUT2D eigenvalue weighted by atomic mass is 9.74. The number of rotatable bonds is 4. The summed E-state index contributed by atoms with van der Waals surface area (Å²) in [6.45, 7) is 7.86. The van der Waals surface area contributed by atoms with Crippen LogP contribution in [0.2, 0.25) is 0 Å². The molecule has 2 heterocycles. The van der Waals surface area contributed by atoms with Gasteiger partial charge in [-0.15, -0.1) is 0 Å². The number of aromatic nitrogens is 2. The Kier molecular flexibility index (Phi) is 6.32. The van der Waals surface area contributed by atoms with E-state index in [0.29, 0.717) is 30.1 Å². The maximum absolute atomic E-state index is 5.19. The average Bonchev–Trinajstić information content (AvgIpc) is 2.90. The third-order valence-corrected chi connectivity index (χ3v) is 5.62. The maximum atomic E-state index is 5.19.